The molecule has 0 unspecified atom stereocenters. The summed E-state index contributed by atoms with van der Waals surface area (Å²) in [5.41, 5.74) is 6.95. The Kier molecular flexibility index (Phi) is 5.33. The molecule has 2 aromatic heterocycles. The van der Waals surface area contributed by atoms with Crippen LogP contribution in [0, 0.1) is 12.8 Å². The summed E-state index contributed by atoms with van der Waals surface area (Å²) < 4.78 is 5.07. The van der Waals surface area contributed by atoms with Crippen LogP contribution >= 0.6 is 11.3 Å². The molecule has 0 fully saturated rings. The van der Waals surface area contributed by atoms with Gasteiger partial charge in [0.2, 0.25) is 5.69 Å². The van der Waals surface area contributed by atoms with E-state index >= 15 is 0 Å². The zero-order valence-corrected chi connectivity index (χ0v) is 21.7. The van der Waals surface area contributed by atoms with Crippen molar-refractivity contribution in [2.75, 3.05) is 0 Å². The number of pyridine rings is 1. The molecule has 2 heteroatoms. The van der Waals surface area contributed by atoms with Crippen molar-refractivity contribution >= 4 is 42.3 Å². The van der Waals surface area contributed by atoms with Gasteiger partial charge in [-0.1, -0.05) is 65.0 Å². The largest absolute Gasteiger partial charge is 0.230 e. The van der Waals surface area contributed by atoms with E-state index in [4.69, 9.17) is 0 Å². The number of aryl methyl sites for hydroxylation is 2. The molecular formula is C31H34NS+. The first-order chi connectivity index (χ1) is 15.6. The van der Waals surface area contributed by atoms with Crippen molar-refractivity contribution in [3.8, 4) is 11.3 Å². The Morgan fingerprint density at radius 1 is 0.879 bits per heavy atom. The monoisotopic (exact) mass is 452 g/mol. The Hall–Kier alpha value is -2.71. The van der Waals surface area contributed by atoms with Gasteiger partial charge < -0.3 is 0 Å². The van der Waals surface area contributed by atoms with Crippen molar-refractivity contribution < 1.29 is 4.57 Å². The average molecular weight is 453 g/mol. The van der Waals surface area contributed by atoms with Gasteiger partial charge in [-0.25, -0.2) is 0 Å². The Morgan fingerprint density at radius 2 is 1.61 bits per heavy atom. The van der Waals surface area contributed by atoms with Gasteiger partial charge in [0.25, 0.3) is 0 Å². The topological polar surface area (TPSA) is 3.88 Å². The minimum absolute atomic E-state index is 0.0699. The third-order valence-electron chi connectivity index (χ3n) is 6.84. The summed E-state index contributed by atoms with van der Waals surface area (Å²) in [6.45, 7) is 13.8. The highest BCUT2D eigenvalue weighted by molar-refractivity contribution is 7.26. The maximum Gasteiger partial charge on any atom is 0.230 e. The lowest BCUT2D eigenvalue weighted by Crippen LogP contribution is -2.30. The second-order valence-electron chi connectivity index (χ2n) is 10.9. The van der Waals surface area contributed by atoms with Crippen LogP contribution < -0.4 is 4.57 Å². The smallest absolute Gasteiger partial charge is 0.200 e. The van der Waals surface area contributed by atoms with Gasteiger partial charge in [-0.2, -0.15) is 4.57 Å². The van der Waals surface area contributed by atoms with Gasteiger partial charge in [0.15, 0.2) is 6.20 Å². The fourth-order valence-electron chi connectivity index (χ4n) is 5.22. The molecule has 5 rings (SSSR count). The van der Waals surface area contributed by atoms with Gasteiger partial charge in [0.1, 0.15) is 11.7 Å². The number of thiophene rings is 1. The first-order valence-electron chi connectivity index (χ1n) is 12.0. The standard InChI is InChI=1S/C31H34NS/c1-19(2)16-21-12-13-28-26(17-21)24-14-15-32(7)29(30(24)33-28)25-18-27(31(4,5)6)23-11-9-8-10-22(23)20(25)3/h8-15,17-19H,16H2,1-7H3/q+1. The molecule has 0 atom stereocenters. The van der Waals surface area contributed by atoms with E-state index in [-0.39, 0.29) is 5.41 Å². The normalized spacial score (nSPS) is 12.5. The van der Waals surface area contributed by atoms with Crippen molar-refractivity contribution in [1.82, 2.24) is 0 Å². The lowest BCUT2D eigenvalue weighted by molar-refractivity contribution is -0.659. The minimum Gasteiger partial charge on any atom is -0.200 e. The van der Waals surface area contributed by atoms with E-state index in [9.17, 15) is 0 Å². The second kappa shape index (κ2) is 7.95. The van der Waals surface area contributed by atoms with E-state index in [1.54, 1.807) is 0 Å². The Labute approximate surface area is 201 Å². The number of nitrogens with zero attached hydrogens (tertiary/aromatic N) is 1. The lowest BCUT2D eigenvalue weighted by atomic mass is 9.80. The van der Waals surface area contributed by atoms with Crippen molar-refractivity contribution in [2.24, 2.45) is 13.0 Å². The average Bonchev–Trinajstić information content (AvgIpc) is 3.11. The molecule has 33 heavy (non-hydrogen) atoms. The fourth-order valence-corrected chi connectivity index (χ4v) is 6.50. The maximum atomic E-state index is 2.46. The summed E-state index contributed by atoms with van der Waals surface area (Å²) in [7, 11) is 2.19. The number of benzene rings is 3. The van der Waals surface area contributed by atoms with E-state index in [1.807, 2.05) is 11.3 Å². The van der Waals surface area contributed by atoms with Gasteiger partial charge in [-0.15, -0.1) is 11.3 Å². The van der Waals surface area contributed by atoms with Crippen molar-refractivity contribution in [3.63, 3.8) is 0 Å². The van der Waals surface area contributed by atoms with Crippen molar-refractivity contribution in [1.29, 1.82) is 0 Å². The van der Waals surface area contributed by atoms with E-state index < -0.39 is 0 Å². The molecule has 0 spiro atoms. The Morgan fingerprint density at radius 3 is 2.30 bits per heavy atom. The molecule has 0 saturated carbocycles. The molecule has 3 aromatic carbocycles. The van der Waals surface area contributed by atoms with Gasteiger partial charge in [0, 0.05) is 21.5 Å². The molecular weight excluding hydrogens is 418 g/mol. The molecule has 0 radical (unpaired) electrons. The van der Waals surface area contributed by atoms with Crippen LogP contribution in [0.15, 0.2) is 60.8 Å². The highest BCUT2D eigenvalue weighted by Gasteiger charge is 2.26. The third kappa shape index (κ3) is 3.75. The molecule has 2 heterocycles. The summed E-state index contributed by atoms with van der Waals surface area (Å²) in [6.07, 6.45) is 3.36. The molecule has 168 valence electrons. The molecule has 0 aliphatic carbocycles. The van der Waals surface area contributed by atoms with E-state index in [2.05, 4.69) is 114 Å². The summed E-state index contributed by atoms with van der Waals surface area (Å²) in [5.74, 6) is 0.664. The highest BCUT2D eigenvalue weighted by atomic mass is 32.1. The molecule has 0 saturated heterocycles. The van der Waals surface area contributed by atoms with Gasteiger partial charge in [-0.3, -0.25) is 0 Å². The zero-order chi connectivity index (χ0) is 23.5. The third-order valence-corrected chi connectivity index (χ3v) is 8.04. The van der Waals surface area contributed by atoms with Crippen molar-refractivity contribution in [3.05, 3.63) is 77.5 Å². The van der Waals surface area contributed by atoms with Gasteiger partial charge in [0.05, 0.1) is 5.56 Å². The van der Waals surface area contributed by atoms with Crippen LogP contribution in [0.5, 0.6) is 0 Å². The van der Waals surface area contributed by atoms with Crippen molar-refractivity contribution in [2.45, 2.75) is 53.4 Å². The van der Waals surface area contributed by atoms with Crippen LogP contribution in [0.2, 0.25) is 0 Å². The zero-order valence-electron chi connectivity index (χ0n) is 20.9. The molecule has 0 aliphatic rings. The van der Waals surface area contributed by atoms with Crippen LogP contribution in [-0.2, 0) is 18.9 Å². The van der Waals surface area contributed by atoms with Crippen LogP contribution in [0.3, 0.4) is 0 Å². The van der Waals surface area contributed by atoms with E-state index in [1.165, 1.54) is 58.9 Å². The Bertz CT molecular complexity index is 1510. The maximum absolute atomic E-state index is 2.46. The minimum atomic E-state index is 0.0699. The molecule has 5 aromatic rings. The van der Waals surface area contributed by atoms with E-state index in [0.29, 0.717) is 5.92 Å². The highest BCUT2D eigenvalue weighted by Crippen LogP contribution is 2.42. The first-order valence-corrected chi connectivity index (χ1v) is 12.8. The second-order valence-corrected chi connectivity index (χ2v) is 12.0. The van der Waals surface area contributed by atoms with E-state index in [0.717, 1.165) is 6.42 Å². The van der Waals surface area contributed by atoms with Crippen LogP contribution in [0.1, 0.15) is 51.3 Å². The molecule has 0 amide bonds. The number of hydrogen-bond acceptors (Lipinski definition) is 1. The quantitative estimate of drug-likeness (QED) is 0.242. The van der Waals surface area contributed by atoms with Crippen LogP contribution in [0.4, 0.5) is 0 Å². The number of aromatic nitrogens is 1. The molecule has 0 bridgehead atoms. The number of rotatable bonds is 3. The van der Waals surface area contributed by atoms with Crippen LogP contribution in [0.25, 0.3) is 42.2 Å². The number of fused-ring (bicyclic) bond motifs is 4. The Balaban J connectivity index is 1.85. The molecule has 0 aliphatic heterocycles. The summed E-state index contributed by atoms with van der Waals surface area (Å²) in [5, 5.41) is 5.50. The molecule has 0 N–H and O–H groups in total. The van der Waals surface area contributed by atoms with Gasteiger partial charge in [-0.05, 0) is 70.3 Å². The van der Waals surface area contributed by atoms with Crippen LogP contribution in [-0.4, -0.2) is 0 Å². The fraction of sp³-hybridized carbons (Fsp3) is 0.323. The number of hydrogen-bond donors (Lipinski definition) is 0. The summed E-state index contributed by atoms with van der Waals surface area (Å²) >= 11 is 1.93. The summed E-state index contributed by atoms with van der Waals surface area (Å²) in [4.78, 5) is 0. The predicted molar refractivity (Wildman–Crippen MR) is 145 cm³/mol. The predicted octanol–water partition coefficient (Wildman–Crippen LogP) is 8.50. The van der Waals surface area contributed by atoms with Gasteiger partial charge >= 0.3 is 0 Å². The SMILES string of the molecule is Cc1c(-c2c3sc4ccc(CC(C)C)cc4c3cc[n+]2C)cc(C(C)(C)C)c2ccccc12. The lowest BCUT2D eigenvalue weighted by Gasteiger charge is -2.24. The first kappa shape index (κ1) is 22.1. The molecule has 1 nitrogen and oxygen atoms in total. The summed E-state index contributed by atoms with van der Waals surface area (Å²) in [6, 6.07) is 20.7.